The van der Waals surface area contributed by atoms with Gasteiger partial charge in [-0.2, -0.15) is 0 Å². The monoisotopic (exact) mass is 283 g/mol. The van der Waals surface area contributed by atoms with Gasteiger partial charge >= 0.3 is 5.97 Å². The maximum Gasteiger partial charge on any atom is 0.332 e. The molecule has 0 amide bonds. The van der Waals surface area contributed by atoms with Crippen LogP contribution in [0.5, 0.6) is 0 Å². The third kappa shape index (κ3) is 3.55. The Kier molecular flexibility index (Phi) is 4.60. The molecule has 1 unspecified atom stereocenters. The van der Waals surface area contributed by atoms with E-state index in [1.54, 1.807) is 0 Å². The number of carbonyl (C=O) groups is 1. The molecule has 1 aromatic rings. The summed E-state index contributed by atoms with van der Waals surface area (Å²) in [5.41, 5.74) is 1.37. The van der Waals surface area contributed by atoms with Crippen LogP contribution in [-0.2, 0) is 11.3 Å². The lowest BCUT2D eigenvalue weighted by Crippen LogP contribution is -2.40. The third-order valence-electron chi connectivity index (χ3n) is 3.87. The molecule has 1 aliphatic rings. The summed E-state index contributed by atoms with van der Waals surface area (Å²) in [5.74, 6) is -1.19. The van der Waals surface area contributed by atoms with Gasteiger partial charge in [0, 0.05) is 16.3 Å². The fourth-order valence-electron chi connectivity index (χ4n) is 2.71. The standard InChI is InChI=1S/C14H21NO3S/c1-9-7-12(10(2)19-9)8-15-5-3-11(4-6-15)13(16)14(17)18/h7,11,13,16H,3-6,8H2,1-2H3,(H,17,18). The normalized spacial score (nSPS) is 19.5. The first-order valence-electron chi connectivity index (χ1n) is 6.66. The highest BCUT2D eigenvalue weighted by Crippen LogP contribution is 2.26. The third-order valence-corrected chi connectivity index (χ3v) is 4.88. The van der Waals surface area contributed by atoms with Crippen molar-refractivity contribution < 1.29 is 15.0 Å². The summed E-state index contributed by atoms with van der Waals surface area (Å²) in [6, 6.07) is 2.23. The van der Waals surface area contributed by atoms with Crippen molar-refractivity contribution in [1.82, 2.24) is 4.90 Å². The second-order valence-corrected chi connectivity index (χ2v) is 6.80. The summed E-state index contributed by atoms with van der Waals surface area (Å²) in [6.07, 6.45) is 0.318. The molecule has 0 bridgehead atoms. The van der Waals surface area contributed by atoms with E-state index in [9.17, 15) is 9.90 Å². The zero-order valence-corrected chi connectivity index (χ0v) is 12.2. The lowest BCUT2D eigenvalue weighted by Gasteiger charge is -2.33. The van der Waals surface area contributed by atoms with Gasteiger partial charge in [-0.3, -0.25) is 4.90 Å². The molecule has 106 valence electrons. The van der Waals surface area contributed by atoms with E-state index in [4.69, 9.17) is 5.11 Å². The van der Waals surface area contributed by atoms with Crippen LogP contribution in [0.1, 0.15) is 28.2 Å². The Morgan fingerprint density at radius 3 is 2.58 bits per heavy atom. The Labute approximate surface area is 117 Å². The number of hydrogen-bond donors (Lipinski definition) is 2. The molecule has 1 fully saturated rings. The van der Waals surface area contributed by atoms with Crippen LogP contribution in [0.15, 0.2) is 6.07 Å². The van der Waals surface area contributed by atoms with Crippen LogP contribution in [0.3, 0.4) is 0 Å². The number of carboxylic acids is 1. The number of aryl methyl sites for hydroxylation is 2. The number of rotatable bonds is 4. The van der Waals surface area contributed by atoms with Crippen molar-refractivity contribution in [3.63, 3.8) is 0 Å². The number of aliphatic carboxylic acids is 1. The highest BCUT2D eigenvalue weighted by atomic mass is 32.1. The molecule has 1 aromatic heterocycles. The zero-order chi connectivity index (χ0) is 14.0. The number of piperidine rings is 1. The number of nitrogens with zero attached hydrogens (tertiary/aromatic N) is 1. The van der Waals surface area contributed by atoms with Gasteiger partial charge < -0.3 is 10.2 Å². The molecule has 1 aliphatic heterocycles. The van der Waals surface area contributed by atoms with Gasteiger partial charge in [0.05, 0.1) is 0 Å². The maximum absolute atomic E-state index is 10.8. The lowest BCUT2D eigenvalue weighted by atomic mass is 9.91. The van der Waals surface area contributed by atoms with E-state index in [1.165, 1.54) is 15.3 Å². The highest BCUT2D eigenvalue weighted by Gasteiger charge is 2.29. The van der Waals surface area contributed by atoms with Crippen molar-refractivity contribution >= 4 is 17.3 Å². The Morgan fingerprint density at radius 1 is 1.47 bits per heavy atom. The minimum atomic E-state index is -1.20. The van der Waals surface area contributed by atoms with Gasteiger partial charge in [0.25, 0.3) is 0 Å². The summed E-state index contributed by atoms with van der Waals surface area (Å²) in [5, 5.41) is 18.4. The van der Waals surface area contributed by atoms with Crippen LogP contribution >= 0.6 is 11.3 Å². The molecule has 2 heterocycles. The predicted octanol–water partition coefficient (Wildman–Crippen LogP) is 2.02. The van der Waals surface area contributed by atoms with E-state index < -0.39 is 12.1 Å². The molecule has 1 atom stereocenters. The number of thiophene rings is 1. The topological polar surface area (TPSA) is 60.8 Å². The lowest BCUT2D eigenvalue weighted by molar-refractivity contribution is -0.150. The van der Waals surface area contributed by atoms with Crippen molar-refractivity contribution in [2.45, 2.75) is 39.3 Å². The number of likely N-dealkylation sites (tertiary alicyclic amines) is 1. The van der Waals surface area contributed by atoms with Crippen molar-refractivity contribution in [2.75, 3.05) is 13.1 Å². The van der Waals surface area contributed by atoms with Gasteiger partial charge in [0.2, 0.25) is 0 Å². The van der Waals surface area contributed by atoms with E-state index in [0.717, 1.165) is 32.5 Å². The second kappa shape index (κ2) is 6.03. The first-order chi connectivity index (χ1) is 8.97. The molecule has 0 spiro atoms. The average molecular weight is 283 g/mol. The van der Waals surface area contributed by atoms with Crippen LogP contribution in [0.4, 0.5) is 0 Å². The van der Waals surface area contributed by atoms with Crippen molar-refractivity contribution in [2.24, 2.45) is 5.92 Å². The minimum Gasteiger partial charge on any atom is -0.479 e. The fraction of sp³-hybridized carbons (Fsp3) is 0.643. The number of hydrogen-bond acceptors (Lipinski definition) is 4. The summed E-state index contributed by atoms with van der Waals surface area (Å²) < 4.78 is 0. The van der Waals surface area contributed by atoms with E-state index in [1.807, 2.05) is 11.3 Å². The molecule has 19 heavy (non-hydrogen) atoms. The molecule has 0 aliphatic carbocycles. The molecule has 1 saturated heterocycles. The molecular weight excluding hydrogens is 262 g/mol. The largest absolute Gasteiger partial charge is 0.479 e. The Morgan fingerprint density at radius 2 is 2.11 bits per heavy atom. The van der Waals surface area contributed by atoms with Gasteiger partial charge in [0.15, 0.2) is 6.10 Å². The summed E-state index contributed by atoms with van der Waals surface area (Å²) >= 11 is 1.82. The molecular formula is C14H21NO3S. The predicted molar refractivity (Wildman–Crippen MR) is 75.4 cm³/mol. The Balaban J connectivity index is 1.87. The summed E-state index contributed by atoms with van der Waals surface area (Å²) in [7, 11) is 0. The second-order valence-electron chi connectivity index (χ2n) is 5.34. The van der Waals surface area contributed by atoms with Gasteiger partial charge in [-0.05, 0) is 57.3 Å². The van der Waals surface area contributed by atoms with Crippen molar-refractivity contribution in [3.8, 4) is 0 Å². The zero-order valence-electron chi connectivity index (χ0n) is 11.4. The van der Waals surface area contributed by atoms with Crippen molar-refractivity contribution in [3.05, 3.63) is 21.4 Å². The van der Waals surface area contributed by atoms with Crippen LogP contribution in [-0.4, -0.2) is 40.3 Å². The molecule has 2 rings (SSSR count). The number of aliphatic hydroxyl groups is 1. The molecule has 5 heteroatoms. The fourth-order valence-corrected chi connectivity index (χ4v) is 3.65. The molecule has 0 radical (unpaired) electrons. The quantitative estimate of drug-likeness (QED) is 0.887. The SMILES string of the molecule is Cc1cc(CN2CCC(C(O)C(=O)O)CC2)c(C)s1. The van der Waals surface area contributed by atoms with Gasteiger partial charge in [-0.1, -0.05) is 0 Å². The van der Waals surface area contributed by atoms with Crippen LogP contribution in [0, 0.1) is 19.8 Å². The highest BCUT2D eigenvalue weighted by molar-refractivity contribution is 7.12. The molecule has 0 aromatic carbocycles. The smallest absolute Gasteiger partial charge is 0.332 e. The van der Waals surface area contributed by atoms with Gasteiger partial charge in [-0.15, -0.1) is 11.3 Å². The first kappa shape index (κ1) is 14.5. The Bertz CT molecular complexity index is 450. The van der Waals surface area contributed by atoms with Crippen LogP contribution in [0.2, 0.25) is 0 Å². The first-order valence-corrected chi connectivity index (χ1v) is 7.48. The molecule has 0 saturated carbocycles. The number of carboxylic acid groups (broad SMARTS) is 1. The van der Waals surface area contributed by atoms with Gasteiger partial charge in [-0.25, -0.2) is 4.79 Å². The summed E-state index contributed by atoms with van der Waals surface area (Å²) in [6.45, 7) is 6.93. The minimum absolute atomic E-state index is 0.0981. The van der Waals surface area contributed by atoms with Crippen molar-refractivity contribution in [1.29, 1.82) is 0 Å². The van der Waals surface area contributed by atoms with Crippen LogP contribution < -0.4 is 0 Å². The maximum atomic E-state index is 10.8. The summed E-state index contributed by atoms with van der Waals surface area (Å²) in [4.78, 5) is 15.8. The number of aliphatic hydroxyl groups excluding tert-OH is 1. The van der Waals surface area contributed by atoms with E-state index in [2.05, 4.69) is 24.8 Å². The van der Waals surface area contributed by atoms with E-state index in [0.29, 0.717) is 0 Å². The average Bonchev–Trinajstić information content (AvgIpc) is 2.68. The van der Waals surface area contributed by atoms with Gasteiger partial charge in [0.1, 0.15) is 0 Å². The van der Waals surface area contributed by atoms with Crippen LogP contribution in [0.25, 0.3) is 0 Å². The van der Waals surface area contributed by atoms with E-state index >= 15 is 0 Å². The molecule has 2 N–H and O–H groups in total. The Hall–Kier alpha value is -0.910. The molecule has 4 nitrogen and oxygen atoms in total. The van der Waals surface area contributed by atoms with E-state index in [-0.39, 0.29) is 5.92 Å².